The summed E-state index contributed by atoms with van der Waals surface area (Å²) in [6.07, 6.45) is 3.64. The van der Waals surface area contributed by atoms with Crippen LogP contribution in [0.15, 0.2) is 42.7 Å². The van der Waals surface area contributed by atoms with Crippen molar-refractivity contribution in [1.29, 1.82) is 0 Å². The van der Waals surface area contributed by atoms with Gasteiger partial charge in [0.1, 0.15) is 0 Å². The first-order valence-corrected chi connectivity index (χ1v) is 6.33. The third-order valence-corrected chi connectivity index (χ3v) is 3.77. The minimum absolute atomic E-state index is 0.183. The molecule has 4 heteroatoms. The Morgan fingerprint density at radius 2 is 2.22 bits per heavy atom. The second-order valence-corrected chi connectivity index (χ2v) is 4.81. The largest absolute Gasteiger partial charge is 0.358 e. The molecule has 0 spiro atoms. The summed E-state index contributed by atoms with van der Waals surface area (Å²) >= 11 is 6.26. The van der Waals surface area contributed by atoms with Gasteiger partial charge in [0.05, 0.1) is 17.9 Å². The van der Waals surface area contributed by atoms with Crippen molar-refractivity contribution < 1.29 is 0 Å². The number of rotatable bonds is 2. The van der Waals surface area contributed by atoms with Crippen LogP contribution in [0.5, 0.6) is 0 Å². The van der Waals surface area contributed by atoms with Gasteiger partial charge >= 0.3 is 0 Å². The molecule has 1 atom stereocenters. The second kappa shape index (κ2) is 4.59. The average Bonchev–Trinajstić information content (AvgIpc) is 2.80. The van der Waals surface area contributed by atoms with E-state index in [1.54, 1.807) is 6.20 Å². The summed E-state index contributed by atoms with van der Waals surface area (Å²) in [4.78, 5) is 6.42. The van der Waals surface area contributed by atoms with Crippen molar-refractivity contribution in [3.05, 3.63) is 58.9 Å². The van der Waals surface area contributed by atoms with Gasteiger partial charge in [0.25, 0.3) is 0 Å². The molecule has 0 saturated heterocycles. The zero-order chi connectivity index (χ0) is 12.5. The molecule has 3 rings (SSSR count). The van der Waals surface area contributed by atoms with E-state index in [1.807, 2.05) is 24.4 Å². The number of hydrogen-bond acceptors (Lipinski definition) is 3. The van der Waals surface area contributed by atoms with E-state index in [9.17, 15) is 0 Å². The predicted octanol–water partition coefficient (Wildman–Crippen LogP) is 2.76. The van der Waals surface area contributed by atoms with E-state index in [-0.39, 0.29) is 6.04 Å². The number of nitrogens with zero attached hydrogens (tertiary/aromatic N) is 2. The monoisotopic (exact) mass is 259 g/mol. The highest BCUT2D eigenvalue weighted by molar-refractivity contribution is 6.31. The molecule has 1 aromatic carbocycles. The zero-order valence-corrected chi connectivity index (χ0v) is 10.6. The van der Waals surface area contributed by atoms with E-state index in [2.05, 4.69) is 22.0 Å². The zero-order valence-electron chi connectivity index (χ0n) is 9.88. The van der Waals surface area contributed by atoms with Crippen LogP contribution in [0.25, 0.3) is 0 Å². The highest BCUT2D eigenvalue weighted by Gasteiger charge is 2.30. The Morgan fingerprint density at radius 1 is 1.33 bits per heavy atom. The SMILES string of the molecule is NCC1c2cccc(Cl)c2CN1c1cccnc1. The Morgan fingerprint density at radius 3 is 2.94 bits per heavy atom. The standard InChI is InChI=1S/C14H14ClN3/c15-13-5-1-4-11-12(13)9-18(14(11)7-16)10-3-2-6-17-8-10/h1-6,8,14H,7,9,16H2. The highest BCUT2D eigenvalue weighted by atomic mass is 35.5. The van der Waals surface area contributed by atoms with Crippen molar-refractivity contribution >= 4 is 17.3 Å². The third kappa shape index (κ3) is 1.76. The van der Waals surface area contributed by atoms with Crippen LogP contribution in [-0.4, -0.2) is 11.5 Å². The molecule has 0 fully saturated rings. The normalized spacial score (nSPS) is 17.9. The maximum Gasteiger partial charge on any atom is 0.0672 e. The molecule has 0 aliphatic carbocycles. The van der Waals surface area contributed by atoms with Gasteiger partial charge in [0.15, 0.2) is 0 Å². The van der Waals surface area contributed by atoms with Gasteiger partial charge in [0.2, 0.25) is 0 Å². The molecule has 1 aliphatic heterocycles. The summed E-state index contributed by atoms with van der Waals surface area (Å²) in [7, 11) is 0. The summed E-state index contributed by atoms with van der Waals surface area (Å²) in [5.74, 6) is 0. The molecule has 1 unspecified atom stereocenters. The quantitative estimate of drug-likeness (QED) is 0.902. The molecular weight excluding hydrogens is 246 g/mol. The Bertz CT molecular complexity index is 556. The van der Waals surface area contributed by atoms with Crippen LogP contribution < -0.4 is 10.6 Å². The molecule has 0 bridgehead atoms. The Kier molecular flexibility index (Phi) is 2.94. The first kappa shape index (κ1) is 11.5. The molecule has 0 amide bonds. The van der Waals surface area contributed by atoms with Gasteiger partial charge in [-0.25, -0.2) is 0 Å². The van der Waals surface area contributed by atoms with Crippen molar-refractivity contribution in [2.24, 2.45) is 5.73 Å². The smallest absolute Gasteiger partial charge is 0.0672 e. The Hall–Kier alpha value is -1.58. The highest BCUT2D eigenvalue weighted by Crippen LogP contribution is 2.39. The summed E-state index contributed by atoms with van der Waals surface area (Å²) in [5.41, 5.74) is 9.41. The fourth-order valence-electron chi connectivity index (χ4n) is 2.55. The number of aromatic nitrogens is 1. The molecule has 0 saturated carbocycles. The lowest BCUT2D eigenvalue weighted by molar-refractivity contribution is 0.678. The van der Waals surface area contributed by atoms with Crippen molar-refractivity contribution in [1.82, 2.24) is 4.98 Å². The topological polar surface area (TPSA) is 42.1 Å². The van der Waals surface area contributed by atoms with Gasteiger partial charge in [-0.3, -0.25) is 4.98 Å². The molecule has 18 heavy (non-hydrogen) atoms. The fourth-order valence-corrected chi connectivity index (χ4v) is 2.79. The summed E-state index contributed by atoms with van der Waals surface area (Å²) in [5, 5.41) is 0.817. The van der Waals surface area contributed by atoms with Crippen LogP contribution in [0.3, 0.4) is 0 Å². The van der Waals surface area contributed by atoms with Crippen LogP contribution >= 0.6 is 11.6 Å². The van der Waals surface area contributed by atoms with Crippen LogP contribution in [0.1, 0.15) is 17.2 Å². The van der Waals surface area contributed by atoms with Gasteiger partial charge in [-0.05, 0) is 29.3 Å². The minimum atomic E-state index is 0.183. The van der Waals surface area contributed by atoms with Crippen LogP contribution in [0.2, 0.25) is 5.02 Å². The van der Waals surface area contributed by atoms with E-state index in [4.69, 9.17) is 17.3 Å². The van der Waals surface area contributed by atoms with Gasteiger partial charge in [-0.2, -0.15) is 0 Å². The molecule has 1 aromatic heterocycles. The van der Waals surface area contributed by atoms with Gasteiger partial charge in [-0.1, -0.05) is 23.7 Å². The van der Waals surface area contributed by atoms with Crippen molar-refractivity contribution in [3.63, 3.8) is 0 Å². The maximum absolute atomic E-state index is 6.26. The van der Waals surface area contributed by atoms with E-state index in [0.717, 1.165) is 17.3 Å². The lowest BCUT2D eigenvalue weighted by Gasteiger charge is -2.25. The lowest BCUT2D eigenvalue weighted by atomic mass is 10.1. The predicted molar refractivity (Wildman–Crippen MR) is 73.7 cm³/mol. The first-order chi connectivity index (χ1) is 8.81. The number of nitrogens with two attached hydrogens (primary N) is 1. The fraction of sp³-hybridized carbons (Fsp3) is 0.214. The van der Waals surface area contributed by atoms with E-state index in [0.29, 0.717) is 6.54 Å². The molecule has 1 aliphatic rings. The van der Waals surface area contributed by atoms with E-state index < -0.39 is 0 Å². The molecule has 2 N–H and O–H groups in total. The Balaban J connectivity index is 2.04. The minimum Gasteiger partial charge on any atom is -0.358 e. The van der Waals surface area contributed by atoms with Gasteiger partial charge in [0, 0.05) is 24.3 Å². The maximum atomic E-state index is 6.26. The van der Waals surface area contributed by atoms with Crippen molar-refractivity contribution in [2.75, 3.05) is 11.4 Å². The number of benzene rings is 1. The van der Waals surface area contributed by atoms with Gasteiger partial charge < -0.3 is 10.6 Å². The third-order valence-electron chi connectivity index (χ3n) is 3.42. The molecule has 0 radical (unpaired) electrons. The summed E-state index contributed by atoms with van der Waals surface area (Å²) in [6.45, 7) is 1.37. The lowest BCUT2D eigenvalue weighted by Crippen LogP contribution is -2.27. The molecule has 92 valence electrons. The average molecular weight is 260 g/mol. The molecule has 2 aromatic rings. The number of pyridine rings is 1. The molecular formula is C14H14ClN3. The van der Waals surface area contributed by atoms with Gasteiger partial charge in [-0.15, -0.1) is 0 Å². The molecule has 2 heterocycles. The van der Waals surface area contributed by atoms with E-state index in [1.165, 1.54) is 11.1 Å². The molecule has 3 nitrogen and oxygen atoms in total. The van der Waals surface area contributed by atoms with E-state index >= 15 is 0 Å². The van der Waals surface area contributed by atoms with Crippen molar-refractivity contribution in [3.8, 4) is 0 Å². The van der Waals surface area contributed by atoms with Crippen LogP contribution in [-0.2, 0) is 6.54 Å². The number of anilines is 1. The van der Waals surface area contributed by atoms with Crippen LogP contribution in [0, 0.1) is 0 Å². The number of hydrogen-bond donors (Lipinski definition) is 1. The van der Waals surface area contributed by atoms with Crippen molar-refractivity contribution in [2.45, 2.75) is 12.6 Å². The summed E-state index contributed by atoms with van der Waals surface area (Å²) in [6, 6.07) is 10.2. The number of halogens is 1. The first-order valence-electron chi connectivity index (χ1n) is 5.95. The number of fused-ring (bicyclic) bond motifs is 1. The Labute approximate surface area is 111 Å². The summed E-state index contributed by atoms with van der Waals surface area (Å²) < 4.78 is 0. The second-order valence-electron chi connectivity index (χ2n) is 4.40. The van der Waals surface area contributed by atoms with Crippen LogP contribution in [0.4, 0.5) is 5.69 Å².